The van der Waals surface area contributed by atoms with Gasteiger partial charge in [0.05, 0.1) is 19.8 Å². The minimum absolute atomic E-state index is 0.247. The first-order valence-electron chi connectivity index (χ1n) is 8.64. The van der Waals surface area contributed by atoms with Crippen LogP contribution in [-0.2, 0) is 19.0 Å². The molecule has 0 radical (unpaired) electrons. The predicted octanol–water partition coefficient (Wildman–Crippen LogP) is 1.06. The monoisotopic (exact) mass is 371 g/mol. The predicted molar refractivity (Wildman–Crippen MR) is 102 cm³/mol. The van der Waals surface area contributed by atoms with Crippen molar-refractivity contribution in [3.63, 3.8) is 0 Å². The van der Waals surface area contributed by atoms with Crippen molar-refractivity contribution in [3.05, 3.63) is 35.9 Å². The molecule has 0 saturated heterocycles. The molecule has 27 heavy (non-hydrogen) atoms. The quantitative estimate of drug-likeness (QED) is 0.199. The minimum atomic E-state index is -0.567. The van der Waals surface area contributed by atoms with Gasteiger partial charge in [-0.2, -0.15) is 0 Å². The van der Waals surface area contributed by atoms with E-state index in [1.54, 1.807) is 30.3 Å². The molecule has 0 spiro atoms. The van der Waals surface area contributed by atoms with Crippen LogP contribution in [0.25, 0.3) is 0 Å². The summed E-state index contributed by atoms with van der Waals surface area (Å²) in [6, 6.07) is 8.42. The van der Waals surface area contributed by atoms with Crippen molar-refractivity contribution in [1.29, 1.82) is 0 Å². The van der Waals surface area contributed by atoms with Gasteiger partial charge in [0.15, 0.2) is 0 Å². The lowest BCUT2D eigenvalue weighted by molar-refractivity contribution is -0.119. The molecule has 144 valence electrons. The molecule has 0 atom stereocenters. The molecule has 0 aliphatic rings. The molecule has 1 aromatic carbocycles. The van der Waals surface area contributed by atoms with E-state index in [0.717, 1.165) is 0 Å². The maximum Gasteiger partial charge on any atom is 0.231 e. The van der Waals surface area contributed by atoms with E-state index >= 15 is 0 Å². The molecule has 6 nitrogen and oxygen atoms in total. The summed E-state index contributed by atoms with van der Waals surface area (Å²) >= 11 is 0. The molecule has 0 aliphatic heterocycles. The van der Waals surface area contributed by atoms with Gasteiger partial charge in [0.2, 0.25) is 11.6 Å². The van der Waals surface area contributed by atoms with Crippen molar-refractivity contribution >= 4 is 11.6 Å². The summed E-state index contributed by atoms with van der Waals surface area (Å²) < 4.78 is 15.9. The number of hydrogen-bond donors (Lipinski definition) is 0. The molecule has 0 aromatic heterocycles. The lowest BCUT2D eigenvalue weighted by atomic mass is 10.1. The number of hydrogen-bond acceptors (Lipinski definition) is 6. The van der Waals surface area contributed by atoms with Gasteiger partial charge in [-0.25, -0.2) is 0 Å². The van der Waals surface area contributed by atoms with Gasteiger partial charge in [0, 0.05) is 25.2 Å². The molecule has 0 fully saturated rings. The minimum Gasteiger partial charge on any atom is -0.372 e. The lowest BCUT2D eigenvalue weighted by Crippen LogP contribution is -2.34. The van der Waals surface area contributed by atoms with Gasteiger partial charge >= 0.3 is 0 Å². The van der Waals surface area contributed by atoms with Crippen LogP contribution in [0, 0.1) is 24.7 Å². The Morgan fingerprint density at radius 2 is 1.37 bits per heavy atom. The molecular formula is C21H25NO5. The number of terminal acetylenes is 2. The van der Waals surface area contributed by atoms with Crippen LogP contribution in [0.1, 0.15) is 10.4 Å². The van der Waals surface area contributed by atoms with Crippen molar-refractivity contribution in [2.45, 2.75) is 0 Å². The standard InChI is InChI=1S/C21H25NO5/c1-3-13-25-15-10-22(11-16-26-14-4-2)12-17-27-18-20(23)21(24)19-8-6-5-7-9-19/h1-2,5-9H,10-18H2. The zero-order valence-corrected chi connectivity index (χ0v) is 15.4. The maximum absolute atomic E-state index is 12.0. The van der Waals surface area contributed by atoms with Gasteiger partial charge in [-0.1, -0.05) is 42.2 Å². The SMILES string of the molecule is C#CCOCCN(CCOCC#C)CCOCC(=O)C(=O)c1ccccc1. The molecule has 6 heteroatoms. The summed E-state index contributed by atoms with van der Waals surface area (Å²) in [6.07, 6.45) is 10.3. The highest BCUT2D eigenvalue weighted by Gasteiger charge is 2.16. The molecule has 0 unspecified atom stereocenters. The Kier molecular flexibility index (Phi) is 12.3. The van der Waals surface area contributed by atoms with Crippen LogP contribution in [0.4, 0.5) is 0 Å². The zero-order valence-electron chi connectivity index (χ0n) is 15.4. The van der Waals surface area contributed by atoms with Gasteiger partial charge in [0.25, 0.3) is 0 Å². The molecule has 0 amide bonds. The number of ketones is 2. The van der Waals surface area contributed by atoms with E-state index in [1.807, 2.05) is 0 Å². The first-order valence-corrected chi connectivity index (χ1v) is 8.64. The largest absolute Gasteiger partial charge is 0.372 e. The van der Waals surface area contributed by atoms with Gasteiger partial charge in [0.1, 0.15) is 19.8 Å². The summed E-state index contributed by atoms with van der Waals surface area (Å²) in [5, 5.41) is 0. The van der Waals surface area contributed by atoms with Crippen molar-refractivity contribution in [2.75, 3.05) is 59.3 Å². The molecule has 1 aromatic rings. The second-order valence-electron chi connectivity index (χ2n) is 5.53. The molecule has 0 heterocycles. The Labute approximate surface area is 160 Å². The fraction of sp³-hybridized carbons (Fsp3) is 0.429. The Morgan fingerprint density at radius 1 is 0.852 bits per heavy atom. The van der Waals surface area contributed by atoms with Crippen LogP contribution >= 0.6 is 0 Å². The van der Waals surface area contributed by atoms with Crippen molar-refractivity contribution in [1.82, 2.24) is 4.90 Å². The van der Waals surface area contributed by atoms with Gasteiger partial charge in [-0.3, -0.25) is 14.5 Å². The number of rotatable bonds is 15. The van der Waals surface area contributed by atoms with E-state index in [0.29, 0.717) is 45.0 Å². The number of carbonyl (C=O) groups excluding carboxylic acids is 2. The summed E-state index contributed by atoms with van der Waals surface area (Å²) in [6.45, 7) is 3.37. The summed E-state index contributed by atoms with van der Waals surface area (Å²) in [5.41, 5.74) is 0.365. The Hall–Kier alpha value is -2.48. The topological polar surface area (TPSA) is 65.1 Å². The highest BCUT2D eigenvalue weighted by atomic mass is 16.5. The van der Waals surface area contributed by atoms with Gasteiger partial charge in [-0.15, -0.1) is 12.8 Å². The Bertz CT molecular complexity index is 623. The number of ether oxygens (including phenoxy) is 3. The molecule has 0 bridgehead atoms. The second-order valence-corrected chi connectivity index (χ2v) is 5.53. The average Bonchev–Trinajstić information content (AvgIpc) is 2.70. The average molecular weight is 371 g/mol. The van der Waals surface area contributed by atoms with Crippen LogP contribution in [0.2, 0.25) is 0 Å². The number of carbonyl (C=O) groups is 2. The molecule has 0 saturated carbocycles. The van der Waals surface area contributed by atoms with E-state index in [1.165, 1.54) is 0 Å². The zero-order chi connectivity index (χ0) is 19.7. The fourth-order valence-electron chi connectivity index (χ4n) is 2.16. The van der Waals surface area contributed by atoms with E-state index in [-0.39, 0.29) is 19.8 Å². The first kappa shape index (κ1) is 22.6. The highest BCUT2D eigenvalue weighted by molar-refractivity contribution is 6.44. The van der Waals surface area contributed by atoms with E-state index in [2.05, 4.69) is 16.7 Å². The molecular weight excluding hydrogens is 346 g/mol. The van der Waals surface area contributed by atoms with Crippen LogP contribution in [-0.4, -0.2) is 75.7 Å². The van der Waals surface area contributed by atoms with Gasteiger partial charge < -0.3 is 14.2 Å². The summed E-state index contributed by atoms with van der Waals surface area (Å²) in [5.74, 6) is 3.71. The molecule has 1 rings (SSSR count). The Balaban J connectivity index is 2.31. The van der Waals surface area contributed by atoms with E-state index in [9.17, 15) is 9.59 Å². The summed E-state index contributed by atoms with van der Waals surface area (Å²) in [4.78, 5) is 25.9. The third-order valence-corrected chi connectivity index (χ3v) is 3.55. The van der Waals surface area contributed by atoms with Crippen LogP contribution in [0.5, 0.6) is 0 Å². The van der Waals surface area contributed by atoms with Crippen LogP contribution < -0.4 is 0 Å². The third kappa shape index (κ3) is 10.3. The number of Topliss-reactive ketones (excluding diaryl/α,β-unsaturated/α-hetero) is 2. The van der Waals surface area contributed by atoms with Crippen molar-refractivity contribution in [3.8, 4) is 24.7 Å². The highest BCUT2D eigenvalue weighted by Crippen LogP contribution is 2.01. The lowest BCUT2D eigenvalue weighted by Gasteiger charge is -2.21. The molecule has 0 N–H and O–H groups in total. The first-order chi connectivity index (χ1) is 13.2. The Morgan fingerprint density at radius 3 is 1.89 bits per heavy atom. The van der Waals surface area contributed by atoms with Gasteiger partial charge in [-0.05, 0) is 0 Å². The number of benzene rings is 1. The van der Waals surface area contributed by atoms with Crippen molar-refractivity contribution in [2.24, 2.45) is 0 Å². The number of nitrogens with zero attached hydrogens (tertiary/aromatic N) is 1. The normalized spacial score (nSPS) is 10.3. The molecule has 0 aliphatic carbocycles. The third-order valence-electron chi connectivity index (χ3n) is 3.55. The maximum atomic E-state index is 12.0. The van der Waals surface area contributed by atoms with E-state index in [4.69, 9.17) is 27.1 Å². The second kappa shape index (κ2) is 14.7. The van der Waals surface area contributed by atoms with Crippen LogP contribution in [0.15, 0.2) is 30.3 Å². The van der Waals surface area contributed by atoms with Crippen LogP contribution in [0.3, 0.4) is 0 Å². The van der Waals surface area contributed by atoms with Crippen molar-refractivity contribution < 1.29 is 23.8 Å². The summed E-state index contributed by atoms with van der Waals surface area (Å²) in [7, 11) is 0. The smallest absolute Gasteiger partial charge is 0.231 e. The van der Waals surface area contributed by atoms with E-state index < -0.39 is 11.6 Å². The fourth-order valence-corrected chi connectivity index (χ4v) is 2.16.